The van der Waals surface area contributed by atoms with E-state index in [4.69, 9.17) is 16.0 Å². The van der Waals surface area contributed by atoms with E-state index in [2.05, 4.69) is 33.1 Å². The largest absolute Gasteiger partial charge is 0.455 e. The van der Waals surface area contributed by atoms with Crippen molar-refractivity contribution in [2.75, 3.05) is 0 Å². The molecule has 3 aromatic rings. The summed E-state index contributed by atoms with van der Waals surface area (Å²) in [6.45, 7) is 0. The second kappa shape index (κ2) is 7.63. The van der Waals surface area contributed by atoms with Gasteiger partial charge in [-0.05, 0) is 65.1 Å². The third-order valence-corrected chi connectivity index (χ3v) is 4.09. The van der Waals surface area contributed by atoms with Crippen LogP contribution in [-0.4, -0.2) is 12.1 Å². The third-order valence-electron chi connectivity index (χ3n) is 3.18. The number of nitrogens with one attached hydrogen (secondary N) is 1. The standard InChI is InChI=1S/C18H12ClIN2O2/c19-14-5-1-3-12(9-14)17-8-7-16(24-17)11-21-22-18(23)13-4-2-6-15(20)10-13/h1-11H,(H,22,23)/b21-11+. The number of nitrogens with zero attached hydrogens (tertiary/aromatic N) is 1. The maximum absolute atomic E-state index is 12.0. The van der Waals surface area contributed by atoms with E-state index < -0.39 is 0 Å². The Kier molecular flexibility index (Phi) is 5.32. The van der Waals surface area contributed by atoms with E-state index in [9.17, 15) is 4.79 Å². The zero-order chi connectivity index (χ0) is 16.9. The molecule has 120 valence electrons. The Morgan fingerprint density at radius 1 is 1.12 bits per heavy atom. The highest BCUT2D eigenvalue weighted by Crippen LogP contribution is 2.24. The van der Waals surface area contributed by atoms with Crippen LogP contribution in [0.4, 0.5) is 0 Å². The summed E-state index contributed by atoms with van der Waals surface area (Å²) in [4.78, 5) is 12.0. The quantitative estimate of drug-likeness (QED) is 0.347. The average Bonchev–Trinajstić information content (AvgIpc) is 3.04. The summed E-state index contributed by atoms with van der Waals surface area (Å²) in [5.74, 6) is 0.946. The van der Waals surface area contributed by atoms with Gasteiger partial charge in [-0.2, -0.15) is 5.10 Å². The molecule has 0 unspecified atom stereocenters. The lowest BCUT2D eigenvalue weighted by Gasteiger charge is -1.99. The van der Waals surface area contributed by atoms with Crippen molar-refractivity contribution in [2.24, 2.45) is 5.10 Å². The van der Waals surface area contributed by atoms with Gasteiger partial charge in [0.15, 0.2) is 0 Å². The number of hydrogen-bond donors (Lipinski definition) is 1. The fraction of sp³-hybridized carbons (Fsp3) is 0. The molecule has 3 rings (SSSR count). The first kappa shape index (κ1) is 16.7. The first-order chi connectivity index (χ1) is 11.6. The Balaban J connectivity index is 1.66. The lowest BCUT2D eigenvalue weighted by Crippen LogP contribution is -2.17. The molecule has 24 heavy (non-hydrogen) atoms. The molecule has 1 aromatic heterocycles. The van der Waals surface area contributed by atoms with Gasteiger partial charge in [0.1, 0.15) is 11.5 Å². The summed E-state index contributed by atoms with van der Waals surface area (Å²) in [6, 6.07) is 18.3. The molecule has 0 aliphatic heterocycles. The first-order valence-corrected chi connectivity index (χ1v) is 8.52. The molecule has 0 saturated heterocycles. The second-order valence-electron chi connectivity index (χ2n) is 4.92. The zero-order valence-electron chi connectivity index (χ0n) is 12.4. The van der Waals surface area contributed by atoms with E-state index >= 15 is 0 Å². The minimum absolute atomic E-state index is 0.272. The molecular weight excluding hydrogens is 439 g/mol. The van der Waals surface area contributed by atoms with Crippen LogP contribution in [0.3, 0.4) is 0 Å². The number of hydrogen-bond acceptors (Lipinski definition) is 3. The van der Waals surface area contributed by atoms with Crippen molar-refractivity contribution in [1.82, 2.24) is 5.43 Å². The SMILES string of the molecule is O=C(N/N=C/c1ccc(-c2cccc(Cl)c2)o1)c1cccc(I)c1. The van der Waals surface area contributed by atoms with Gasteiger partial charge in [-0.1, -0.05) is 29.8 Å². The van der Waals surface area contributed by atoms with Crippen LogP contribution in [0.2, 0.25) is 5.02 Å². The van der Waals surface area contributed by atoms with Gasteiger partial charge in [-0.25, -0.2) is 5.43 Å². The van der Waals surface area contributed by atoms with E-state index in [1.165, 1.54) is 6.21 Å². The van der Waals surface area contributed by atoms with Gasteiger partial charge in [0, 0.05) is 19.7 Å². The number of halogens is 2. The predicted molar refractivity (Wildman–Crippen MR) is 103 cm³/mol. The van der Waals surface area contributed by atoms with Crippen LogP contribution < -0.4 is 5.43 Å². The fourth-order valence-electron chi connectivity index (χ4n) is 2.07. The normalized spacial score (nSPS) is 10.9. The molecule has 0 radical (unpaired) electrons. The maximum Gasteiger partial charge on any atom is 0.271 e. The molecule has 0 atom stereocenters. The van der Waals surface area contributed by atoms with Crippen LogP contribution in [0.15, 0.2) is 70.2 Å². The average molecular weight is 451 g/mol. The Labute approximate surface area is 157 Å². The summed E-state index contributed by atoms with van der Waals surface area (Å²) in [5, 5.41) is 4.57. The highest BCUT2D eigenvalue weighted by atomic mass is 127. The van der Waals surface area contributed by atoms with Gasteiger partial charge in [0.05, 0.1) is 6.21 Å². The van der Waals surface area contributed by atoms with Crippen LogP contribution >= 0.6 is 34.2 Å². The van der Waals surface area contributed by atoms with Crippen LogP contribution in [0.25, 0.3) is 11.3 Å². The summed E-state index contributed by atoms with van der Waals surface area (Å²) < 4.78 is 6.66. The molecule has 1 amide bonds. The first-order valence-electron chi connectivity index (χ1n) is 7.06. The highest BCUT2D eigenvalue weighted by Gasteiger charge is 2.05. The molecule has 0 aliphatic carbocycles. The lowest BCUT2D eigenvalue weighted by molar-refractivity contribution is 0.0955. The Bertz CT molecular complexity index is 905. The Hall–Kier alpha value is -2.12. The van der Waals surface area contributed by atoms with Crippen LogP contribution in [0.5, 0.6) is 0 Å². The van der Waals surface area contributed by atoms with Gasteiger partial charge < -0.3 is 4.42 Å². The number of benzene rings is 2. The molecule has 6 heteroatoms. The van der Waals surface area contributed by atoms with Crippen molar-refractivity contribution >= 4 is 46.3 Å². The topological polar surface area (TPSA) is 54.6 Å². The molecule has 0 fully saturated rings. The Morgan fingerprint density at radius 2 is 1.96 bits per heavy atom. The van der Waals surface area contributed by atoms with Gasteiger partial charge in [0.25, 0.3) is 5.91 Å². The minimum Gasteiger partial charge on any atom is -0.455 e. The van der Waals surface area contributed by atoms with Gasteiger partial charge >= 0.3 is 0 Å². The molecule has 0 saturated carbocycles. The summed E-state index contributed by atoms with van der Waals surface area (Å²) in [5.41, 5.74) is 3.91. The lowest BCUT2D eigenvalue weighted by atomic mass is 10.2. The third kappa shape index (κ3) is 4.24. The van der Waals surface area contributed by atoms with Crippen molar-refractivity contribution in [3.05, 3.63) is 80.6 Å². The van der Waals surface area contributed by atoms with E-state index in [0.29, 0.717) is 22.1 Å². The monoisotopic (exact) mass is 450 g/mol. The molecule has 2 aromatic carbocycles. The number of amides is 1. The number of rotatable bonds is 4. The summed E-state index contributed by atoms with van der Waals surface area (Å²) in [7, 11) is 0. The molecule has 1 heterocycles. The van der Waals surface area contributed by atoms with Crippen molar-refractivity contribution in [3.8, 4) is 11.3 Å². The van der Waals surface area contributed by atoms with Crippen LogP contribution in [-0.2, 0) is 0 Å². The van der Waals surface area contributed by atoms with Crippen LogP contribution in [0, 0.1) is 3.57 Å². The zero-order valence-corrected chi connectivity index (χ0v) is 15.3. The van der Waals surface area contributed by atoms with Crippen molar-refractivity contribution in [2.45, 2.75) is 0 Å². The molecule has 1 N–H and O–H groups in total. The molecule has 4 nitrogen and oxygen atoms in total. The fourth-order valence-corrected chi connectivity index (χ4v) is 2.80. The smallest absolute Gasteiger partial charge is 0.271 e. The van der Waals surface area contributed by atoms with Gasteiger partial charge in [-0.3, -0.25) is 4.79 Å². The van der Waals surface area contributed by atoms with Crippen LogP contribution in [0.1, 0.15) is 16.1 Å². The molecular formula is C18H12ClIN2O2. The van der Waals surface area contributed by atoms with E-state index in [1.807, 2.05) is 36.4 Å². The van der Waals surface area contributed by atoms with Gasteiger partial charge in [0.2, 0.25) is 0 Å². The number of carbonyl (C=O) groups excluding carboxylic acids is 1. The Morgan fingerprint density at radius 3 is 2.75 bits per heavy atom. The minimum atomic E-state index is -0.272. The highest BCUT2D eigenvalue weighted by molar-refractivity contribution is 14.1. The number of furan rings is 1. The van der Waals surface area contributed by atoms with E-state index in [1.54, 1.807) is 24.3 Å². The van der Waals surface area contributed by atoms with Crippen molar-refractivity contribution in [3.63, 3.8) is 0 Å². The predicted octanol–water partition coefficient (Wildman–Crippen LogP) is 4.97. The maximum atomic E-state index is 12.0. The summed E-state index contributed by atoms with van der Waals surface area (Å²) in [6.07, 6.45) is 1.46. The molecule has 0 bridgehead atoms. The van der Waals surface area contributed by atoms with Gasteiger partial charge in [-0.15, -0.1) is 0 Å². The molecule has 0 aliphatic rings. The van der Waals surface area contributed by atoms with E-state index in [-0.39, 0.29) is 5.91 Å². The number of hydrazone groups is 1. The van der Waals surface area contributed by atoms with E-state index in [0.717, 1.165) is 9.13 Å². The molecule has 0 spiro atoms. The number of carbonyl (C=O) groups is 1. The van der Waals surface area contributed by atoms with Crippen molar-refractivity contribution < 1.29 is 9.21 Å². The second-order valence-corrected chi connectivity index (χ2v) is 6.60. The summed E-state index contributed by atoms with van der Waals surface area (Å²) >= 11 is 8.13. The van der Waals surface area contributed by atoms with Crippen molar-refractivity contribution in [1.29, 1.82) is 0 Å².